The maximum absolute atomic E-state index is 10.0. The molecule has 3 nitrogen and oxygen atoms in total. The van der Waals surface area contributed by atoms with Crippen molar-refractivity contribution in [1.82, 2.24) is 5.32 Å². The summed E-state index contributed by atoms with van der Waals surface area (Å²) in [5.41, 5.74) is 0. The van der Waals surface area contributed by atoms with E-state index < -0.39 is 5.97 Å². The predicted octanol–water partition coefficient (Wildman–Crippen LogP) is 1.26. The van der Waals surface area contributed by atoms with Crippen LogP contribution in [0.4, 0.5) is 0 Å². The molecule has 0 radical (unpaired) electrons. The largest absolute Gasteiger partial charge is 0.478 e. The van der Waals surface area contributed by atoms with E-state index in [1.165, 1.54) is 0 Å². The molecule has 0 saturated heterocycles. The molecule has 0 saturated carbocycles. The van der Waals surface area contributed by atoms with E-state index >= 15 is 0 Å². The number of aliphatic carboxylic acids is 1. The van der Waals surface area contributed by atoms with Crippen LogP contribution in [0.2, 0.25) is 0 Å². The van der Waals surface area contributed by atoms with Crippen LogP contribution in [0, 0.1) is 5.92 Å². The van der Waals surface area contributed by atoms with Crippen molar-refractivity contribution in [1.29, 1.82) is 0 Å². The molecule has 0 aliphatic heterocycles. The molecule has 70 valence electrons. The van der Waals surface area contributed by atoms with Crippen LogP contribution in [0.25, 0.3) is 0 Å². The van der Waals surface area contributed by atoms with E-state index in [-0.39, 0.29) is 0 Å². The zero-order valence-corrected chi connectivity index (χ0v) is 7.71. The van der Waals surface area contributed by atoms with Crippen LogP contribution in [0.3, 0.4) is 0 Å². The standard InChI is InChI=1S/C9H17NO2/c1-3-8(2)7-10-6-4-5-9(11)12/h4-5,8,10H,3,6-7H2,1-2H3,(H,11,12)/b5-4+. The topological polar surface area (TPSA) is 49.3 Å². The van der Waals surface area contributed by atoms with E-state index in [1.54, 1.807) is 6.08 Å². The maximum atomic E-state index is 10.0. The van der Waals surface area contributed by atoms with Crippen LogP contribution in [0.5, 0.6) is 0 Å². The van der Waals surface area contributed by atoms with Gasteiger partial charge in [0.2, 0.25) is 0 Å². The van der Waals surface area contributed by atoms with Gasteiger partial charge >= 0.3 is 5.97 Å². The lowest BCUT2D eigenvalue weighted by Gasteiger charge is -2.07. The Balaban J connectivity index is 3.26. The average molecular weight is 171 g/mol. The van der Waals surface area contributed by atoms with Crippen LogP contribution in [0.15, 0.2) is 12.2 Å². The van der Waals surface area contributed by atoms with Gasteiger partial charge in [-0.1, -0.05) is 26.3 Å². The summed E-state index contributed by atoms with van der Waals surface area (Å²) in [4.78, 5) is 10.0. The van der Waals surface area contributed by atoms with Crippen LogP contribution in [-0.4, -0.2) is 24.2 Å². The van der Waals surface area contributed by atoms with Crippen molar-refractivity contribution in [3.8, 4) is 0 Å². The third kappa shape index (κ3) is 7.28. The Morgan fingerprint density at radius 1 is 1.67 bits per heavy atom. The molecular formula is C9H17NO2. The summed E-state index contributed by atoms with van der Waals surface area (Å²) in [7, 11) is 0. The van der Waals surface area contributed by atoms with Crippen molar-refractivity contribution in [2.75, 3.05) is 13.1 Å². The second kappa shape index (κ2) is 6.85. The molecule has 0 spiro atoms. The molecule has 0 aromatic rings. The molecule has 0 aliphatic rings. The fourth-order valence-corrected chi connectivity index (χ4v) is 0.717. The molecular weight excluding hydrogens is 154 g/mol. The quantitative estimate of drug-likeness (QED) is 0.467. The van der Waals surface area contributed by atoms with E-state index in [9.17, 15) is 4.79 Å². The van der Waals surface area contributed by atoms with Gasteiger partial charge in [0.1, 0.15) is 0 Å². The minimum atomic E-state index is -0.889. The molecule has 0 heterocycles. The highest BCUT2D eigenvalue weighted by Crippen LogP contribution is 1.96. The minimum absolute atomic E-state index is 0.636. The molecule has 0 aliphatic carbocycles. The third-order valence-corrected chi connectivity index (χ3v) is 1.71. The zero-order chi connectivity index (χ0) is 9.40. The summed E-state index contributed by atoms with van der Waals surface area (Å²) in [6, 6.07) is 0. The number of rotatable bonds is 6. The SMILES string of the molecule is CCC(C)CNC/C=C/C(=O)O. The second-order valence-electron chi connectivity index (χ2n) is 2.91. The monoisotopic (exact) mass is 171 g/mol. The molecule has 0 bridgehead atoms. The number of carboxylic acids is 1. The van der Waals surface area contributed by atoms with Gasteiger partial charge in [0, 0.05) is 12.6 Å². The first-order valence-electron chi connectivity index (χ1n) is 4.27. The normalized spacial score (nSPS) is 13.5. The lowest BCUT2D eigenvalue weighted by atomic mass is 10.1. The van der Waals surface area contributed by atoms with Crippen LogP contribution >= 0.6 is 0 Å². The highest BCUT2D eigenvalue weighted by atomic mass is 16.4. The van der Waals surface area contributed by atoms with Gasteiger partial charge in [0.05, 0.1) is 0 Å². The predicted molar refractivity (Wildman–Crippen MR) is 49.1 cm³/mol. The third-order valence-electron chi connectivity index (χ3n) is 1.71. The summed E-state index contributed by atoms with van der Waals surface area (Å²) in [5, 5.41) is 11.4. The minimum Gasteiger partial charge on any atom is -0.478 e. The Morgan fingerprint density at radius 3 is 2.83 bits per heavy atom. The smallest absolute Gasteiger partial charge is 0.328 e. The molecule has 2 N–H and O–H groups in total. The van der Waals surface area contributed by atoms with Gasteiger partial charge in [-0.25, -0.2) is 4.79 Å². The van der Waals surface area contributed by atoms with Crippen molar-refractivity contribution in [2.45, 2.75) is 20.3 Å². The Kier molecular flexibility index (Phi) is 6.38. The summed E-state index contributed by atoms with van der Waals surface area (Å²) in [6.07, 6.45) is 3.92. The van der Waals surface area contributed by atoms with E-state index in [2.05, 4.69) is 19.2 Å². The van der Waals surface area contributed by atoms with Crippen LogP contribution in [-0.2, 0) is 4.79 Å². The van der Waals surface area contributed by atoms with Gasteiger partial charge < -0.3 is 10.4 Å². The number of hydrogen-bond donors (Lipinski definition) is 2. The van der Waals surface area contributed by atoms with Gasteiger partial charge in [-0.15, -0.1) is 0 Å². The molecule has 0 aromatic carbocycles. The number of carboxylic acid groups (broad SMARTS) is 1. The lowest BCUT2D eigenvalue weighted by Crippen LogP contribution is -2.20. The van der Waals surface area contributed by atoms with E-state index in [0.717, 1.165) is 19.0 Å². The van der Waals surface area contributed by atoms with Crippen molar-refractivity contribution in [3.05, 3.63) is 12.2 Å². The van der Waals surface area contributed by atoms with Gasteiger partial charge in [-0.3, -0.25) is 0 Å². The average Bonchev–Trinajstić information content (AvgIpc) is 2.03. The summed E-state index contributed by atoms with van der Waals surface area (Å²) in [5.74, 6) is -0.233. The molecule has 1 atom stereocenters. The van der Waals surface area contributed by atoms with Crippen LogP contribution < -0.4 is 5.32 Å². The first kappa shape index (κ1) is 11.2. The first-order chi connectivity index (χ1) is 5.66. The van der Waals surface area contributed by atoms with E-state index in [0.29, 0.717) is 12.5 Å². The number of hydrogen-bond acceptors (Lipinski definition) is 2. The number of nitrogens with one attached hydrogen (secondary N) is 1. The van der Waals surface area contributed by atoms with Crippen LogP contribution in [0.1, 0.15) is 20.3 Å². The Morgan fingerprint density at radius 2 is 2.33 bits per heavy atom. The fraction of sp³-hybridized carbons (Fsp3) is 0.667. The number of carbonyl (C=O) groups is 1. The summed E-state index contributed by atoms with van der Waals surface area (Å²) < 4.78 is 0. The second-order valence-corrected chi connectivity index (χ2v) is 2.91. The van der Waals surface area contributed by atoms with Crippen molar-refractivity contribution >= 4 is 5.97 Å². The van der Waals surface area contributed by atoms with Gasteiger partial charge in [0.15, 0.2) is 0 Å². The summed E-state index contributed by atoms with van der Waals surface area (Å²) >= 11 is 0. The summed E-state index contributed by atoms with van der Waals surface area (Å²) in [6.45, 7) is 5.88. The lowest BCUT2D eigenvalue weighted by molar-refractivity contribution is -0.131. The maximum Gasteiger partial charge on any atom is 0.328 e. The van der Waals surface area contributed by atoms with Gasteiger partial charge in [-0.2, -0.15) is 0 Å². The zero-order valence-electron chi connectivity index (χ0n) is 7.71. The van der Waals surface area contributed by atoms with Crippen molar-refractivity contribution < 1.29 is 9.90 Å². The van der Waals surface area contributed by atoms with Crippen molar-refractivity contribution in [3.63, 3.8) is 0 Å². The highest BCUT2D eigenvalue weighted by molar-refractivity contribution is 5.79. The molecule has 0 aromatic heterocycles. The molecule has 0 amide bonds. The Labute approximate surface area is 73.5 Å². The molecule has 1 unspecified atom stereocenters. The Hall–Kier alpha value is -0.830. The fourth-order valence-electron chi connectivity index (χ4n) is 0.717. The Bertz CT molecular complexity index is 155. The highest BCUT2D eigenvalue weighted by Gasteiger charge is 1.95. The first-order valence-corrected chi connectivity index (χ1v) is 4.27. The van der Waals surface area contributed by atoms with E-state index in [1.807, 2.05) is 0 Å². The van der Waals surface area contributed by atoms with Gasteiger partial charge in [-0.05, 0) is 12.5 Å². The van der Waals surface area contributed by atoms with Gasteiger partial charge in [0.25, 0.3) is 0 Å². The molecule has 3 heteroatoms. The molecule has 0 fully saturated rings. The molecule has 0 rings (SSSR count). The molecule has 12 heavy (non-hydrogen) atoms. The van der Waals surface area contributed by atoms with E-state index in [4.69, 9.17) is 5.11 Å². The van der Waals surface area contributed by atoms with Crippen molar-refractivity contribution in [2.24, 2.45) is 5.92 Å².